The van der Waals surface area contributed by atoms with E-state index in [1.54, 1.807) is 24.5 Å². The molecule has 2 N–H and O–H groups in total. The summed E-state index contributed by atoms with van der Waals surface area (Å²) in [5, 5.41) is 25.1. The summed E-state index contributed by atoms with van der Waals surface area (Å²) in [4.78, 5) is 26.2. The van der Waals surface area contributed by atoms with Crippen molar-refractivity contribution >= 4 is 17.3 Å². The van der Waals surface area contributed by atoms with Crippen LogP contribution in [0.3, 0.4) is 0 Å². The maximum atomic E-state index is 12.0. The third-order valence-electron chi connectivity index (χ3n) is 2.96. The molecule has 0 unspecified atom stereocenters. The molecular weight excluding hydrogens is 310 g/mol. The minimum Gasteiger partial charge on any atom is -0.386 e. The highest BCUT2D eigenvalue weighted by molar-refractivity contribution is 6.06. The van der Waals surface area contributed by atoms with Gasteiger partial charge < -0.3 is 10.6 Å². The number of carbonyl (C=O) groups is 1. The number of pyridine rings is 1. The molecule has 1 aromatic carbocycles. The number of hydrogen-bond acceptors (Lipinski definition) is 6. The van der Waals surface area contributed by atoms with Crippen molar-refractivity contribution < 1.29 is 9.72 Å². The Hall–Kier alpha value is -3.73. The number of hydrogen-bond donors (Lipinski definition) is 2. The fourth-order valence-corrected chi connectivity index (χ4v) is 1.82. The normalized spacial score (nSPS) is 10.5. The van der Waals surface area contributed by atoms with Crippen LogP contribution in [0.4, 0.5) is 11.4 Å². The van der Waals surface area contributed by atoms with E-state index in [1.165, 1.54) is 30.5 Å². The third kappa shape index (κ3) is 4.64. The Morgan fingerprint density at radius 2 is 2.21 bits per heavy atom. The maximum absolute atomic E-state index is 12.0. The van der Waals surface area contributed by atoms with E-state index in [-0.39, 0.29) is 16.9 Å². The van der Waals surface area contributed by atoms with Crippen LogP contribution in [-0.2, 0) is 11.3 Å². The van der Waals surface area contributed by atoms with E-state index in [9.17, 15) is 14.9 Å². The van der Waals surface area contributed by atoms with Gasteiger partial charge in [-0.25, -0.2) is 0 Å². The van der Waals surface area contributed by atoms with Crippen LogP contribution in [0.25, 0.3) is 0 Å². The van der Waals surface area contributed by atoms with Gasteiger partial charge in [-0.2, -0.15) is 5.26 Å². The van der Waals surface area contributed by atoms with Crippen LogP contribution in [0, 0.1) is 21.4 Å². The van der Waals surface area contributed by atoms with Crippen LogP contribution < -0.4 is 10.6 Å². The van der Waals surface area contributed by atoms with Crippen molar-refractivity contribution in [3.63, 3.8) is 0 Å². The number of nitro groups is 1. The van der Waals surface area contributed by atoms with Crippen LogP contribution in [0.5, 0.6) is 0 Å². The average molecular weight is 323 g/mol. The Balaban J connectivity index is 2.01. The van der Waals surface area contributed by atoms with Crippen molar-refractivity contribution in [1.82, 2.24) is 10.3 Å². The van der Waals surface area contributed by atoms with E-state index in [0.717, 1.165) is 5.56 Å². The minimum absolute atomic E-state index is 0.148. The molecule has 2 aromatic rings. The van der Waals surface area contributed by atoms with Crippen molar-refractivity contribution in [3.05, 3.63) is 76.2 Å². The molecule has 0 aliphatic rings. The highest BCUT2D eigenvalue weighted by atomic mass is 16.6. The predicted molar refractivity (Wildman–Crippen MR) is 86.5 cm³/mol. The van der Waals surface area contributed by atoms with Gasteiger partial charge in [0.15, 0.2) is 0 Å². The predicted octanol–water partition coefficient (Wildman–Crippen LogP) is 2.13. The van der Waals surface area contributed by atoms with Gasteiger partial charge in [0.05, 0.1) is 4.92 Å². The molecule has 1 heterocycles. The lowest BCUT2D eigenvalue weighted by molar-refractivity contribution is -0.384. The van der Waals surface area contributed by atoms with Gasteiger partial charge in [-0.15, -0.1) is 0 Å². The molecule has 0 bridgehead atoms. The van der Waals surface area contributed by atoms with E-state index in [0.29, 0.717) is 6.54 Å². The number of amides is 1. The molecule has 1 amide bonds. The number of aromatic nitrogens is 1. The molecule has 0 aliphatic carbocycles. The molecule has 8 heteroatoms. The molecule has 0 radical (unpaired) electrons. The van der Waals surface area contributed by atoms with Crippen molar-refractivity contribution in [2.75, 3.05) is 5.32 Å². The second kappa shape index (κ2) is 8.05. The zero-order valence-electron chi connectivity index (χ0n) is 12.5. The second-order valence-electron chi connectivity index (χ2n) is 4.67. The fourth-order valence-electron chi connectivity index (χ4n) is 1.82. The van der Waals surface area contributed by atoms with Crippen molar-refractivity contribution in [2.45, 2.75) is 6.54 Å². The first kappa shape index (κ1) is 16.6. The summed E-state index contributed by atoms with van der Waals surface area (Å²) in [6.45, 7) is 0.406. The van der Waals surface area contributed by atoms with E-state index in [1.807, 2.05) is 6.07 Å². The van der Waals surface area contributed by atoms with Gasteiger partial charge in [0.2, 0.25) is 0 Å². The first-order valence-electron chi connectivity index (χ1n) is 6.88. The number of carbonyl (C=O) groups excluding carboxylic acids is 1. The molecular formula is C16H13N5O3. The van der Waals surface area contributed by atoms with Crippen LogP contribution in [0.15, 0.2) is 60.6 Å². The smallest absolute Gasteiger partial charge is 0.271 e. The lowest BCUT2D eigenvalue weighted by Gasteiger charge is -2.05. The van der Waals surface area contributed by atoms with Crippen LogP contribution >= 0.6 is 0 Å². The van der Waals surface area contributed by atoms with E-state index in [2.05, 4.69) is 15.6 Å². The average Bonchev–Trinajstić information content (AvgIpc) is 2.59. The summed E-state index contributed by atoms with van der Waals surface area (Å²) in [7, 11) is 0. The van der Waals surface area contributed by atoms with Gasteiger partial charge in [0.1, 0.15) is 11.6 Å². The fraction of sp³-hybridized carbons (Fsp3) is 0.0625. The van der Waals surface area contributed by atoms with E-state index >= 15 is 0 Å². The summed E-state index contributed by atoms with van der Waals surface area (Å²) in [6.07, 6.45) is 4.60. The quantitative estimate of drug-likeness (QED) is 0.363. The third-order valence-corrected chi connectivity index (χ3v) is 2.96. The Morgan fingerprint density at radius 3 is 2.88 bits per heavy atom. The highest BCUT2D eigenvalue weighted by Crippen LogP contribution is 2.17. The summed E-state index contributed by atoms with van der Waals surface area (Å²) < 4.78 is 0. The van der Waals surface area contributed by atoms with Gasteiger partial charge in [-0.3, -0.25) is 19.9 Å². The lowest BCUT2D eigenvalue weighted by atomic mass is 10.2. The number of nitriles is 1. The Labute approximate surface area is 137 Å². The number of nitrogens with zero attached hydrogens (tertiary/aromatic N) is 3. The number of nitrogens with one attached hydrogen (secondary N) is 2. The van der Waals surface area contributed by atoms with Crippen LogP contribution in [0.2, 0.25) is 0 Å². The van der Waals surface area contributed by atoms with Crippen molar-refractivity contribution in [3.8, 4) is 6.07 Å². The van der Waals surface area contributed by atoms with Gasteiger partial charge >= 0.3 is 0 Å². The summed E-state index contributed by atoms with van der Waals surface area (Å²) in [6, 6.07) is 10.9. The summed E-state index contributed by atoms with van der Waals surface area (Å²) in [5.74, 6) is -0.656. The molecule has 2 rings (SSSR count). The largest absolute Gasteiger partial charge is 0.386 e. The highest BCUT2D eigenvalue weighted by Gasteiger charge is 2.11. The Kier molecular flexibility index (Phi) is 5.58. The standard InChI is InChI=1S/C16H13N5O3/c17-8-13(11-19-10-12-3-2-6-18-9-12)16(22)20-14-4-1-5-15(7-14)21(23)24/h1-7,9,11,19H,10H2,(H,20,22)/b13-11-. The molecule has 0 saturated carbocycles. The molecule has 0 fully saturated rings. The molecule has 0 atom stereocenters. The Morgan fingerprint density at radius 1 is 1.38 bits per heavy atom. The number of non-ortho nitro benzene ring substituents is 1. The molecule has 1 aromatic heterocycles. The minimum atomic E-state index is -0.656. The number of benzene rings is 1. The second-order valence-corrected chi connectivity index (χ2v) is 4.67. The van der Waals surface area contributed by atoms with Crippen molar-refractivity contribution in [2.24, 2.45) is 0 Å². The lowest BCUT2D eigenvalue weighted by Crippen LogP contribution is -2.16. The number of anilines is 1. The monoisotopic (exact) mass is 323 g/mol. The summed E-state index contributed by atoms with van der Waals surface area (Å²) >= 11 is 0. The van der Waals surface area contributed by atoms with Crippen LogP contribution in [-0.4, -0.2) is 15.8 Å². The first-order chi connectivity index (χ1) is 11.6. The van der Waals surface area contributed by atoms with E-state index < -0.39 is 10.8 Å². The topological polar surface area (TPSA) is 121 Å². The van der Waals surface area contributed by atoms with Crippen LogP contribution in [0.1, 0.15) is 5.56 Å². The Bertz CT molecular complexity index is 812. The molecule has 0 saturated heterocycles. The van der Waals surface area contributed by atoms with E-state index in [4.69, 9.17) is 5.26 Å². The van der Waals surface area contributed by atoms with Gasteiger partial charge in [-0.1, -0.05) is 12.1 Å². The molecule has 8 nitrogen and oxygen atoms in total. The maximum Gasteiger partial charge on any atom is 0.271 e. The zero-order valence-corrected chi connectivity index (χ0v) is 12.5. The van der Waals surface area contributed by atoms with Gasteiger partial charge in [0, 0.05) is 43.0 Å². The van der Waals surface area contributed by atoms with Crippen molar-refractivity contribution in [1.29, 1.82) is 5.26 Å². The molecule has 0 aliphatic heterocycles. The van der Waals surface area contributed by atoms with Gasteiger partial charge in [-0.05, 0) is 17.7 Å². The molecule has 0 spiro atoms. The van der Waals surface area contributed by atoms with Gasteiger partial charge in [0.25, 0.3) is 11.6 Å². The zero-order chi connectivity index (χ0) is 17.4. The summed E-state index contributed by atoms with van der Waals surface area (Å²) in [5.41, 5.74) is 0.836. The SMILES string of the molecule is N#C/C(=C/NCc1cccnc1)C(=O)Nc1cccc([N+](=O)[O-])c1. The molecule has 120 valence electrons. The number of rotatable bonds is 6. The molecule has 24 heavy (non-hydrogen) atoms. The first-order valence-corrected chi connectivity index (χ1v) is 6.88. The number of nitro benzene ring substituents is 1.